The number of aromatic nitrogens is 4. The van der Waals surface area contributed by atoms with Gasteiger partial charge < -0.3 is 24.8 Å². The van der Waals surface area contributed by atoms with Crippen LogP contribution in [0.1, 0.15) is 34.5 Å². The third-order valence-electron chi connectivity index (χ3n) is 6.81. The molecule has 42 heavy (non-hydrogen) atoms. The van der Waals surface area contributed by atoms with Gasteiger partial charge in [-0.3, -0.25) is 4.79 Å². The monoisotopic (exact) mass is 568 g/mol. The van der Waals surface area contributed by atoms with Gasteiger partial charge in [0, 0.05) is 76.2 Å². The average Bonchev–Trinajstić information content (AvgIpc) is 2.97. The minimum absolute atomic E-state index is 0.164. The van der Waals surface area contributed by atoms with Crippen LogP contribution in [0.5, 0.6) is 5.75 Å². The number of aryl methyl sites for hydroxylation is 1. The Hall–Kier alpha value is -4.57. The first-order valence-corrected chi connectivity index (χ1v) is 13.9. The molecule has 1 amide bonds. The van der Waals surface area contributed by atoms with Crippen LogP contribution in [0.4, 0.5) is 11.9 Å². The molecule has 2 aromatic heterocycles. The highest BCUT2D eigenvalue weighted by atomic mass is 16.5. The maximum atomic E-state index is 13.5. The molecule has 0 aliphatic heterocycles. The molecule has 1 atom stereocenters. The second kappa shape index (κ2) is 13.4. The van der Waals surface area contributed by atoms with Gasteiger partial charge in [-0.2, -0.15) is 0 Å². The molecule has 0 fully saturated rings. The summed E-state index contributed by atoms with van der Waals surface area (Å²) in [5, 5.41) is 3.18. The zero-order chi connectivity index (χ0) is 30.4. The molecular formula is C32H40N8O2. The van der Waals surface area contributed by atoms with Crippen LogP contribution >= 0.6 is 0 Å². The van der Waals surface area contributed by atoms with Crippen molar-refractivity contribution in [3.8, 4) is 28.0 Å². The summed E-state index contributed by atoms with van der Waals surface area (Å²) < 4.78 is 5.88. The average molecular weight is 569 g/mol. The molecule has 0 radical (unpaired) electrons. The molecule has 2 aromatic carbocycles. The maximum Gasteiger partial charge on any atom is 0.252 e. The number of hydrogen-bond acceptors (Lipinski definition) is 9. The van der Waals surface area contributed by atoms with Crippen molar-refractivity contribution in [1.82, 2.24) is 30.2 Å². The highest BCUT2D eigenvalue weighted by Crippen LogP contribution is 2.31. The first-order valence-electron chi connectivity index (χ1n) is 13.9. The third kappa shape index (κ3) is 7.58. The van der Waals surface area contributed by atoms with Gasteiger partial charge in [0.2, 0.25) is 11.9 Å². The minimum atomic E-state index is -0.294. The molecule has 0 saturated carbocycles. The lowest BCUT2D eigenvalue weighted by molar-refractivity contribution is 0.0938. The van der Waals surface area contributed by atoms with E-state index in [4.69, 9.17) is 4.74 Å². The van der Waals surface area contributed by atoms with Crippen molar-refractivity contribution >= 4 is 17.8 Å². The van der Waals surface area contributed by atoms with Crippen LogP contribution in [0.3, 0.4) is 0 Å². The Kier molecular flexibility index (Phi) is 9.69. The smallest absolute Gasteiger partial charge is 0.252 e. The molecule has 1 N–H and O–H groups in total. The van der Waals surface area contributed by atoms with Gasteiger partial charge in [0.25, 0.3) is 5.91 Å². The molecular weight excluding hydrogens is 528 g/mol. The predicted molar refractivity (Wildman–Crippen MR) is 168 cm³/mol. The molecule has 0 unspecified atom stereocenters. The third-order valence-corrected chi connectivity index (χ3v) is 6.81. The van der Waals surface area contributed by atoms with E-state index in [1.54, 1.807) is 0 Å². The molecule has 0 aliphatic carbocycles. The molecule has 10 nitrogen and oxygen atoms in total. The zero-order valence-electron chi connectivity index (χ0n) is 25.7. The summed E-state index contributed by atoms with van der Waals surface area (Å²) in [4.78, 5) is 37.2. The fourth-order valence-corrected chi connectivity index (χ4v) is 4.28. The van der Waals surface area contributed by atoms with Crippen molar-refractivity contribution in [3.63, 3.8) is 0 Å². The van der Waals surface area contributed by atoms with Gasteiger partial charge in [0.15, 0.2) is 0 Å². The van der Waals surface area contributed by atoms with E-state index in [-0.39, 0.29) is 11.9 Å². The Balaban J connectivity index is 1.65. The van der Waals surface area contributed by atoms with Gasteiger partial charge in [-0.15, -0.1) is 0 Å². The van der Waals surface area contributed by atoms with E-state index in [2.05, 4.69) is 48.4 Å². The van der Waals surface area contributed by atoms with Crippen LogP contribution in [0.25, 0.3) is 22.3 Å². The lowest BCUT2D eigenvalue weighted by atomic mass is 9.95. The van der Waals surface area contributed by atoms with Crippen molar-refractivity contribution < 1.29 is 9.53 Å². The van der Waals surface area contributed by atoms with E-state index in [1.165, 1.54) is 0 Å². The molecule has 0 saturated heterocycles. The Morgan fingerprint density at radius 3 is 1.79 bits per heavy atom. The summed E-state index contributed by atoms with van der Waals surface area (Å²) >= 11 is 0. The molecule has 4 aromatic rings. The summed E-state index contributed by atoms with van der Waals surface area (Å²) in [6.45, 7) is 5.24. The second-order valence-corrected chi connectivity index (χ2v) is 11.0. The zero-order valence-corrected chi connectivity index (χ0v) is 25.7. The number of hydrogen-bond donors (Lipinski definition) is 1. The number of amides is 1. The van der Waals surface area contributed by atoms with E-state index < -0.39 is 0 Å². The summed E-state index contributed by atoms with van der Waals surface area (Å²) in [6, 6.07) is 11.5. The maximum absolute atomic E-state index is 13.5. The van der Waals surface area contributed by atoms with Crippen molar-refractivity contribution in [1.29, 1.82) is 0 Å². The Morgan fingerprint density at radius 1 is 0.786 bits per heavy atom. The SMILES string of the molecule is Cc1ccc(OCCN(C)C)cc1C(=O)N[C@H](C)c1cc(-c2cnc(N(C)C)nc2)cc(-c2cnc(N(C)C)nc2)c1. The summed E-state index contributed by atoms with van der Waals surface area (Å²) in [5.41, 5.74) is 5.99. The minimum Gasteiger partial charge on any atom is -0.492 e. The Morgan fingerprint density at radius 2 is 1.31 bits per heavy atom. The number of ether oxygens (including phenoxy) is 1. The molecule has 10 heteroatoms. The number of nitrogens with zero attached hydrogens (tertiary/aromatic N) is 7. The van der Waals surface area contributed by atoms with Crippen molar-refractivity contribution in [2.24, 2.45) is 0 Å². The topological polar surface area (TPSA) is 99.6 Å². The second-order valence-electron chi connectivity index (χ2n) is 11.0. The summed E-state index contributed by atoms with van der Waals surface area (Å²) in [6.07, 6.45) is 7.24. The Labute approximate surface area is 248 Å². The van der Waals surface area contributed by atoms with E-state index in [0.29, 0.717) is 29.8 Å². The molecule has 220 valence electrons. The number of carbonyl (C=O) groups excluding carboxylic acids is 1. The number of nitrogens with one attached hydrogen (secondary N) is 1. The van der Waals surface area contributed by atoms with E-state index in [9.17, 15) is 4.79 Å². The van der Waals surface area contributed by atoms with E-state index in [0.717, 1.165) is 39.9 Å². The number of carbonyl (C=O) groups is 1. The number of benzene rings is 2. The van der Waals surface area contributed by atoms with Gasteiger partial charge in [0.1, 0.15) is 12.4 Å². The van der Waals surface area contributed by atoms with E-state index in [1.807, 2.05) is 109 Å². The van der Waals surface area contributed by atoms with Crippen LogP contribution in [0.2, 0.25) is 0 Å². The van der Waals surface area contributed by atoms with Crippen LogP contribution < -0.4 is 19.9 Å². The van der Waals surface area contributed by atoms with Gasteiger partial charge in [0.05, 0.1) is 6.04 Å². The van der Waals surface area contributed by atoms with E-state index >= 15 is 0 Å². The number of anilines is 2. The first-order chi connectivity index (χ1) is 20.0. The Bertz CT molecular complexity index is 1430. The molecule has 4 rings (SSSR count). The van der Waals surface area contributed by atoms with Crippen LogP contribution in [-0.4, -0.2) is 86.2 Å². The highest BCUT2D eigenvalue weighted by Gasteiger charge is 2.17. The lowest BCUT2D eigenvalue weighted by Crippen LogP contribution is -2.27. The van der Waals surface area contributed by atoms with Crippen LogP contribution in [0, 0.1) is 6.92 Å². The van der Waals surface area contributed by atoms with Crippen molar-refractivity contribution in [2.75, 3.05) is 65.2 Å². The van der Waals surface area contributed by atoms with Gasteiger partial charge in [-0.05, 0) is 80.5 Å². The van der Waals surface area contributed by atoms with Gasteiger partial charge in [-0.25, -0.2) is 19.9 Å². The number of rotatable bonds is 11. The van der Waals surface area contributed by atoms with Gasteiger partial charge >= 0.3 is 0 Å². The first kappa shape index (κ1) is 30.4. The largest absolute Gasteiger partial charge is 0.492 e. The quantitative estimate of drug-likeness (QED) is 0.281. The molecule has 0 bridgehead atoms. The molecule has 0 aliphatic rings. The summed E-state index contributed by atoms with van der Waals surface area (Å²) in [7, 11) is 11.6. The fraction of sp³-hybridized carbons (Fsp3) is 0.344. The van der Waals surface area contributed by atoms with Gasteiger partial charge in [-0.1, -0.05) is 6.07 Å². The lowest BCUT2D eigenvalue weighted by Gasteiger charge is -2.19. The van der Waals surface area contributed by atoms with Crippen LogP contribution in [0.15, 0.2) is 61.2 Å². The van der Waals surface area contributed by atoms with Crippen molar-refractivity contribution in [2.45, 2.75) is 19.9 Å². The molecule has 0 spiro atoms. The predicted octanol–water partition coefficient (Wildman–Crippen LogP) is 4.47. The highest BCUT2D eigenvalue weighted by molar-refractivity contribution is 5.96. The summed E-state index contributed by atoms with van der Waals surface area (Å²) in [5.74, 6) is 1.77. The standard InChI is InChI=1S/C32H40N8O2/c1-21-9-10-28(42-12-11-38(3)4)16-29(21)30(41)37-22(2)23-13-24(26-17-33-31(34-18-26)39(5)6)15-25(14-23)27-19-35-32(36-20-27)40(7)8/h9-10,13-20,22H,11-12H2,1-8H3,(H,37,41)/t22-/m1/s1. The fourth-order valence-electron chi connectivity index (χ4n) is 4.28. The molecule has 2 heterocycles. The van der Waals surface area contributed by atoms with Crippen molar-refractivity contribution in [3.05, 3.63) is 77.9 Å². The van der Waals surface area contributed by atoms with Crippen LogP contribution in [-0.2, 0) is 0 Å². The normalized spacial score (nSPS) is 11.7. The number of likely N-dealkylation sites (N-methyl/N-ethyl adjacent to an activating group) is 1.